The van der Waals surface area contributed by atoms with Crippen LogP contribution in [0.15, 0.2) is 18.2 Å². The number of hydrogen-bond donors (Lipinski definition) is 3. The Morgan fingerprint density at radius 2 is 2.17 bits per heavy atom. The monoisotopic (exact) mass is 349 g/mol. The summed E-state index contributed by atoms with van der Waals surface area (Å²) in [4.78, 5) is 8.38. The van der Waals surface area contributed by atoms with Crippen LogP contribution in [-0.2, 0) is 0 Å². The van der Waals surface area contributed by atoms with Crippen LogP contribution in [0.5, 0.6) is 5.75 Å². The van der Waals surface area contributed by atoms with Gasteiger partial charge < -0.3 is 16.2 Å². The Hall–Kier alpha value is -2.43. The number of nitrogens with zero attached hydrogens (tertiary/aromatic N) is 3. The van der Waals surface area contributed by atoms with E-state index in [0.29, 0.717) is 12.2 Å². The summed E-state index contributed by atoms with van der Waals surface area (Å²) >= 11 is 0. The minimum Gasteiger partial charge on any atom is -0.507 e. The fourth-order valence-corrected chi connectivity index (χ4v) is 2.84. The number of phenolic OH excluding ortho intramolecular Hbond substituents is 1. The molecule has 24 heavy (non-hydrogen) atoms. The van der Waals surface area contributed by atoms with Crippen LogP contribution >= 0.6 is 12.4 Å². The Bertz CT molecular complexity index is 767. The lowest BCUT2D eigenvalue weighted by Gasteiger charge is -2.23. The van der Waals surface area contributed by atoms with E-state index in [1.807, 2.05) is 6.07 Å². The molecule has 2 aromatic rings. The van der Waals surface area contributed by atoms with E-state index in [4.69, 9.17) is 5.73 Å². The molecule has 126 valence electrons. The summed E-state index contributed by atoms with van der Waals surface area (Å²) in [6.45, 7) is 1.59. The second-order valence-electron chi connectivity index (χ2n) is 5.48. The molecule has 1 aliphatic heterocycles. The number of benzene rings is 1. The molecule has 1 aromatic carbocycles. The molecule has 6 nitrogen and oxygen atoms in total. The van der Waals surface area contributed by atoms with E-state index in [9.17, 15) is 14.8 Å². The molecule has 0 radical (unpaired) electrons. The maximum Gasteiger partial charge on any atom is 0.168 e. The number of anilines is 1. The molecule has 4 N–H and O–H groups in total. The van der Waals surface area contributed by atoms with Crippen LogP contribution in [0.4, 0.5) is 10.2 Å². The summed E-state index contributed by atoms with van der Waals surface area (Å²) in [7, 11) is 0. The zero-order chi connectivity index (χ0) is 16.4. The molecule has 0 aliphatic carbocycles. The number of aromatic nitrogens is 2. The van der Waals surface area contributed by atoms with Crippen molar-refractivity contribution >= 4 is 18.2 Å². The highest BCUT2D eigenvalue weighted by molar-refractivity contribution is 5.85. The molecule has 1 aromatic heterocycles. The quantitative estimate of drug-likeness (QED) is 0.768. The summed E-state index contributed by atoms with van der Waals surface area (Å²) < 4.78 is 14.1. The predicted molar refractivity (Wildman–Crippen MR) is 90.3 cm³/mol. The third-order valence-electron chi connectivity index (χ3n) is 3.98. The molecule has 2 heterocycles. The average Bonchev–Trinajstić information content (AvgIpc) is 2.55. The van der Waals surface area contributed by atoms with Gasteiger partial charge in [-0.15, -0.1) is 12.4 Å². The summed E-state index contributed by atoms with van der Waals surface area (Å²) in [5.74, 6) is -0.890. The van der Waals surface area contributed by atoms with Crippen molar-refractivity contribution in [2.75, 3.05) is 18.8 Å². The highest BCUT2D eigenvalue weighted by Gasteiger charge is 2.25. The van der Waals surface area contributed by atoms with Gasteiger partial charge in [-0.05, 0) is 31.5 Å². The lowest BCUT2D eigenvalue weighted by molar-refractivity contribution is 0.453. The number of nitrogens with one attached hydrogen (secondary N) is 1. The number of nitrogens with two attached hydrogens (primary N) is 1. The highest BCUT2D eigenvalue weighted by atomic mass is 35.5. The molecule has 1 unspecified atom stereocenters. The average molecular weight is 350 g/mol. The van der Waals surface area contributed by atoms with Crippen molar-refractivity contribution < 1.29 is 9.50 Å². The van der Waals surface area contributed by atoms with E-state index in [1.54, 1.807) is 0 Å². The zero-order valence-electron chi connectivity index (χ0n) is 12.8. The Balaban J connectivity index is 0.00000208. The normalized spacial score (nSPS) is 16.9. The lowest BCUT2D eigenvalue weighted by Crippen LogP contribution is -2.29. The molecule has 0 saturated carbocycles. The minimum absolute atomic E-state index is 0. The van der Waals surface area contributed by atoms with Gasteiger partial charge in [0.15, 0.2) is 5.82 Å². The largest absolute Gasteiger partial charge is 0.507 e. The third kappa shape index (κ3) is 3.25. The van der Waals surface area contributed by atoms with Gasteiger partial charge in [0.1, 0.15) is 29.0 Å². The van der Waals surface area contributed by atoms with Crippen molar-refractivity contribution in [3.8, 4) is 23.2 Å². The van der Waals surface area contributed by atoms with Crippen molar-refractivity contribution in [2.45, 2.75) is 18.8 Å². The summed E-state index contributed by atoms with van der Waals surface area (Å²) in [5, 5.41) is 22.5. The standard InChI is InChI=1S/C16H16FN5O.ClH/c17-11-4-1-5-12(23)13(11)16-21-14(9-3-2-6-20-8-9)10(7-18)15(19)22-16;/h1,4-5,9,20,23H,2-3,6,8H2,(H2,19,21,22);1H. The van der Waals surface area contributed by atoms with E-state index in [0.717, 1.165) is 19.4 Å². The Labute approximate surface area is 145 Å². The summed E-state index contributed by atoms with van der Waals surface area (Å²) in [6.07, 6.45) is 1.82. The minimum atomic E-state index is -0.637. The zero-order valence-corrected chi connectivity index (χ0v) is 13.6. The van der Waals surface area contributed by atoms with Crippen molar-refractivity contribution in [1.82, 2.24) is 15.3 Å². The Morgan fingerprint density at radius 3 is 2.79 bits per heavy atom. The number of nitrogen functional groups attached to an aromatic ring is 1. The first-order valence-electron chi connectivity index (χ1n) is 7.38. The van der Waals surface area contributed by atoms with Gasteiger partial charge in [-0.25, -0.2) is 14.4 Å². The topological polar surface area (TPSA) is 108 Å². The summed E-state index contributed by atoms with van der Waals surface area (Å²) in [5.41, 5.74) is 6.50. The maximum atomic E-state index is 14.1. The van der Waals surface area contributed by atoms with E-state index in [1.165, 1.54) is 18.2 Å². The number of hydrogen-bond acceptors (Lipinski definition) is 6. The van der Waals surface area contributed by atoms with Gasteiger partial charge in [-0.1, -0.05) is 6.07 Å². The smallest absolute Gasteiger partial charge is 0.168 e. The molecule has 1 aliphatic rings. The molecule has 3 rings (SSSR count). The third-order valence-corrected chi connectivity index (χ3v) is 3.98. The van der Waals surface area contributed by atoms with Crippen LogP contribution in [0.25, 0.3) is 11.4 Å². The first-order valence-corrected chi connectivity index (χ1v) is 7.38. The molecular formula is C16H17ClFN5O. The van der Waals surface area contributed by atoms with Gasteiger partial charge in [-0.3, -0.25) is 0 Å². The SMILES string of the molecule is Cl.N#Cc1c(N)nc(-c2c(O)cccc2F)nc1C1CCCNC1. The second kappa shape index (κ2) is 7.43. The number of halogens is 2. The molecule has 0 spiro atoms. The summed E-state index contributed by atoms with van der Waals surface area (Å²) in [6, 6.07) is 6.01. The fourth-order valence-electron chi connectivity index (χ4n) is 2.84. The van der Waals surface area contributed by atoms with Gasteiger partial charge in [0.05, 0.1) is 11.3 Å². The predicted octanol–water partition coefficient (Wildman–Crippen LogP) is 2.33. The molecule has 1 fully saturated rings. The van der Waals surface area contributed by atoms with Gasteiger partial charge in [0.25, 0.3) is 0 Å². The molecule has 1 atom stereocenters. The van der Waals surface area contributed by atoms with Crippen LogP contribution in [0.1, 0.15) is 30.0 Å². The van der Waals surface area contributed by atoms with Crippen molar-refractivity contribution in [3.63, 3.8) is 0 Å². The lowest BCUT2D eigenvalue weighted by atomic mass is 9.93. The number of rotatable bonds is 2. The Morgan fingerprint density at radius 1 is 1.38 bits per heavy atom. The van der Waals surface area contributed by atoms with E-state index in [2.05, 4.69) is 15.3 Å². The van der Waals surface area contributed by atoms with Crippen molar-refractivity contribution in [3.05, 3.63) is 35.3 Å². The maximum absolute atomic E-state index is 14.1. The van der Waals surface area contributed by atoms with E-state index in [-0.39, 0.29) is 46.8 Å². The fraction of sp³-hybridized carbons (Fsp3) is 0.312. The van der Waals surface area contributed by atoms with E-state index < -0.39 is 5.82 Å². The van der Waals surface area contributed by atoms with Gasteiger partial charge in [-0.2, -0.15) is 5.26 Å². The van der Waals surface area contributed by atoms with Gasteiger partial charge >= 0.3 is 0 Å². The molecule has 0 bridgehead atoms. The van der Waals surface area contributed by atoms with Gasteiger partial charge in [0.2, 0.25) is 0 Å². The molecule has 1 saturated heterocycles. The second-order valence-corrected chi connectivity index (χ2v) is 5.48. The van der Waals surface area contributed by atoms with Crippen LogP contribution < -0.4 is 11.1 Å². The molecular weight excluding hydrogens is 333 g/mol. The van der Waals surface area contributed by atoms with Crippen LogP contribution in [0.3, 0.4) is 0 Å². The molecule has 0 amide bonds. The number of phenols is 1. The number of nitriles is 1. The van der Waals surface area contributed by atoms with Crippen LogP contribution in [0, 0.1) is 17.1 Å². The first kappa shape index (κ1) is 17.9. The van der Waals surface area contributed by atoms with Crippen LogP contribution in [-0.4, -0.2) is 28.2 Å². The molecule has 8 heteroatoms. The first-order chi connectivity index (χ1) is 11.1. The highest BCUT2D eigenvalue weighted by Crippen LogP contribution is 2.33. The Kier molecular flexibility index (Phi) is 5.54. The number of aromatic hydroxyl groups is 1. The van der Waals surface area contributed by atoms with Crippen molar-refractivity contribution in [1.29, 1.82) is 5.26 Å². The van der Waals surface area contributed by atoms with Gasteiger partial charge in [0, 0.05) is 12.5 Å². The van der Waals surface area contributed by atoms with Crippen LogP contribution in [0.2, 0.25) is 0 Å². The number of piperidine rings is 1. The van der Waals surface area contributed by atoms with E-state index >= 15 is 0 Å². The van der Waals surface area contributed by atoms with Crippen molar-refractivity contribution in [2.24, 2.45) is 0 Å².